The molecule has 8 heteroatoms. The maximum Gasteiger partial charge on any atom is 0.256 e. The molecule has 1 amide bonds. The second-order valence-corrected chi connectivity index (χ2v) is 8.29. The number of hydrogen-bond donors (Lipinski definition) is 3. The molecule has 2 aromatic rings. The Morgan fingerprint density at radius 3 is 2.67 bits per heavy atom. The van der Waals surface area contributed by atoms with Crippen molar-refractivity contribution in [1.29, 1.82) is 5.41 Å². The van der Waals surface area contributed by atoms with Crippen molar-refractivity contribution < 1.29 is 9.53 Å². The summed E-state index contributed by atoms with van der Waals surface area (Å²) in [5.74, 6) is 0.227. The molecule has 1 aliphatic heterocycles. The zero-order valence-electron chi connectivity index (χ0n) is 16.9. The molecular weight excluding hydrogens is 441 g/mol. The Balaban J connectivity index is 1.94. The van der Waals surface area contributed by atoms with Crippen molar-refractivity contribution in [2.75, 3.05) is 20.7 Å². The quantitative estimate of drug-likeness (QED) is 0.547. The van der Waals surface area contributed by atoms with Crippen molar-refractivity contribution >= 4 is 53.1 Å². The van der Waals surface area contributed by atoms with Gasteiger partial charge in [0.15, 0.2) is 0 Å². The third-order valence-corrected chi connectivity index (χ3v) is 6.08. The molecule has 1 unspecified atom stereocenters. The van der Waals surface area contributed by atoms with Crippen LogP contribution in [0.25, 0.3) is 5.70 Å². The molecule has 1 atom stereocenters. The Bertz CT molecular complexity index is 1020. The molecule has 0 aliphatic carbocycles. The number of nitrogens with one attached hydrogen (secondary N) is 2. The van der Waals surface area contributed by atoms with E-state index in [-0.39, 0.29) is 10.9 Å². The van der Waals surface area contributed by atoms with E-state index in [2.05, 4.69) is 17.9 Å². The van der Waals surface area contributed by atoms with Crippen LogP contribution in [0, 0.1) is 5.41 Å². The van der Waals surface area contributed by atoms with Crippen molar-refractivity contribution in [3.8, 4) is 5.75 Å². The largest absolute Gasteiger partial charge is 0.495 e. The number of carbonyl (C=O) groups excluding carboxylic acids is 1. The number of hydrogen-bond acceptors (Lipinski definition) is 5. The third kappa shape index (κ3) is 4.31. The maximum atomic E-state index is 13.2. The summed E-state index contributed by atoms with van der Waals surface area (Å²) in [6, 6.07) is 10.2. The van der Waals surface area contributed by atoms with E-state index in [1.54, 1.807) is 29.2 Å². The predicted octanol–water partition coefficient (Wildman–Crippen LogP) is 5.18. The van der Waals surface area contributed by atoms with Gasteiger partial charge in [0, 0.05) is 40.3 Å². The average Bonchev–Trinajstić information content (AvgIpc) is 2.71. The van der Waals surface area contributed by atoms with Crippen molar-refractivity contribution in [2.45, 2.75) is 24.3 Å². The highest BCUT2D eigenvalue weighted by Crippen LogP contribution is 2.32. The van der Waals surface area contributed by atoms with Gasteiger partial charge in [-0.3, -0.25) is 4.79 Å². The van der Waals surface area contributed by atoms with Crippen LogP contribution < -0.4 is 10.1 Å². The Hall–Kier alpha value is -2.15. The lowest BCUT2D eigenvalue weighted by Gasteiger charge is -2.36. The molecule has 2 N–H and O–H groups in total. The summed E-state index contributed by atoms with van der Waals surface area (Å²) in [5.41, 5.74) is 3.26. The van der Waals surface area contributed by atoms with Gasteiger partial charge in [-0.2, -0.15) is 0 Å². The van der Waals surface area contributed by atoms with Crippen LogP contribution in [0.1, 0.15) is 29.3 Å². The van der Waals surface area contributed by atoms with E-state index >= 15 is 0 Å². The number of amides is 1. The topological polar surface area (TPSA) is 65.4 Å². The summed E-state index contributed by atoms with van der Waals surface area (Å²) in [4.78, 5) is 15.6. The molecule has 1 aliphatic rings. The van der Waals surface area contributed by atoms with Crippen molar-refractivity contribution in [2.24, 2.45) is 0 Å². The van der Waals surface area contributed by atoms with Gasteiger partial charge >= 0.3 is 0 Å². The van der Waals surface area contributed by atoms with E-state index in [1.807, 2.05) is 26.1 Å². The van der Waals surface area contributed by atoms with Crippen LogP contribution in [-0.2, 0) is 0 Å². The van der Waals surface area contributed by atoms with Gasteiger partial charge in [-0.05, 0) is 43.7 Å². The molecule has 5 nitrogen and oxygen atoms in total. The highest BCUT2D eigenvalue weighted by molar-refractivity contribution is 7.80. The monoisotopic (exact) mass is 463 g/mol. The Labute approximate surface area is 191 Å². The first-order chi connectivity index (χ1) is 14.3. The highest BCUT2D eigenvalue weighted by atomic mass is 35.5. The van der Waals surface area contributed by atoms with Crippen LogP contribution in [0.2, 0.25) is 10.0 Å². The molecule has 158 valence electrons. The number of nitrogens with zero attached hydrogens (tertiary/aromatic N) is 1. The average molecular weight is 464 g/mol. The standard InChI is InChI=1S/C22H23Cl2N3O2S/c1-12-20(25)17(21(26-2)13-9-14(23)11-15(30)10-13)7-8-27(12)22(28)16-5-4-6-18(29-3)19(16)24/h4-6,9-12,25-26,30H,7-8H2,1-3H3/b21-17-,25-20?. The summed E-state index contributed by atoms with van der Waals surface area (Å²) < 4.78 is 5.22. The van der Waals surface area contributed by atoms with Gasteiger partial charge in [0.25, 0.3) is 5.91 Å². The summed E-state index contributed by atoms with van der Waals surface area (Å²) in [5, 5.41) is 12.8. The molecule has 1 saturated heterocycles. The van der Waals surface area contributed by atoms with Gasteiger partial charge in [-0.1, -0.05) is 29.3 Å². The van der Waals surface area contributed by atoms with Crippen LogP contribution >= 0.6 is 35.8 Å². The first-order valence-corrected chi connectivity index (χ1v) is 10.6. The van der Waals surface area contributed by atoms with Crippen LogP contribution in [0.4, 0.5) is 0 Å². The van der Waals surface area contributed by atoms with Crippen LogP contribution in [0.5, 0.6) is 5.75 Å². The lowest BCUT2D eigenvalue weighted by atomic mass is 9.90. The Kier molecular flexibility index (Phi) is 7.01. The third-order valence-electron chi connectivity index (χ3n) is 5.21. The Morgan fingerprint density at radius 2 is 2.03 bits per heavy atom. The SMILES string of the molecule is CN/C(=C1/CCN(C(=O)c2cccc(OC)c2Cl)C(C)C1=N)c1cc(S)cc(Cl)c1. The molecule has 30 heavy (non-hydrogen) atoms. The summed E-state index contributed by atoms with van der Waals surface area (Å²) in [7, 11) is 3.32. The predicted molar refractivity (Wildman–Crippen MR) is 126 cm³/mol. The lowest BCUT2D eigenvalue weighted by Crippen LogP contribution is -2.48. The van der Waals surface area contributed by atoms with Gasteiger partial charge < -0.3 is 20.4 Å². The van der Waals surface area contributed by atoms with E-state index in [0.717, 1.165) is 21.7 Å². The summed E-state index contributed by atoms with van der Waals surface area (Å²) in [6.45, 7) is 2.31. The van der Waals surface area contributed by atoms with Gasteiger partial charge in [0.05, 0.1) is 29.4 Å². The van der Waals surface area contributed by atoms with E-state index in [0.29, 0.717) is 35.0 Å². The molecule has 3 rings (SSSR count). The number of carbonyl (C=O) groups is 1. The van der Waals surface area contributed by atoms with Crippen LogP contribution in [-0.4, -0.2) is 43.3 Å². The van der Waals surface area contributed by atoms with Gasteiger partial charge in [-0.25, -0.2) is 0 Å². The van der Waals surface area contributed by atoms with E-state index < -0.39 is 6.04 Å². The molecule has 1 heterocycles. The Morgan fingerprint density at radius 1 is 1.30 bits per heavy atom. The zero-order valence-corrected chi connectivity index (χ0v) is 19.3. The minimum Gasteiger partial charge on any atom is -0.495 e. The maximum absolute atomic E-state index is 13.2. The smallest absolute Gasteiger partial charge is 0.256 e. The van der Waals surface area contributed by atoms with E-state index in [1.165, 1.54) is 7.11 Å². The fraction of sp³-hybridized carbons (Fsp3) is 0.273. The van der Waals surface area contributed by atoms with Crippen molar-refractivity contribution in [3.63, 3.8) is 0 Å². The van der Waals surface area contributed by atoms with Gasteiger partial charge in [0.1, 0.15) is 5.75 Å². The fourth-order valence-corrected chi connectivity index (χ4v) is 4.56. The van der Waals surface area contributed by atoms with E-state index in [9.17, 15) is 4.79 Å². The molecule has 0 radical (unpaired) electrons. The second-order valence-electron chi connectivity index (χ2n) is 6.96. The number of benzene rings is 2. The number of thiol groups is 1. The molecule has 0 aromatic heterocycles. The first-order valence-electron chi connectivity index (χ1n) is 9.41. The normalized spacial score (nSPS) is 18.3. The van der Waals surface area contributed by atoms with E-state index in [4.69, 9.17) is 33.3 Å². The highest BCUT2D eigenvalue weighted by Gasteiger charge is 2.33. The number of rotatable bonds is 4. The molecule has 0 spiro atoms. The number of methoxy groups -OCH3 is 1. The molecule has 0 bridgehead atoms. The summed E-state index contributed by atoms with van der Waals surface area (Å²) in [6.07, 6.45) is 0.529. The van der Waals surface area contributed by atoms with Gasteiger partial charge in [0.2, 0.25) is 0 Å². The van der Waals surface area contributed by atoms with Gasteiger partial charge in [-0.15, -0.1) is 12.6 Å². The molecule has 2 aromatic carbocycles. The molecule has 0 saturated carbocycles. The second kappa shape index (κ2) is 9.33. The number of likely N-dealkylation sites (tertiary alicyclic amines) is 1. The van der Waals surface area contributed by atoms with Crippen LogP contribution in [0.3, 0.4) is 0 Å². The molecular formula is C22H23Cl2N3O2S. The number of halogens is 2. The minimum atomic E-state index is -0.415. The number of ether oxygens (including phenoxy) is 1. The fourth-order valence-electron chi connectivity index (χ4n) is 3.68. The van der Waals surface area contributed by atoms with Crippen LogP contribution in [0.15, 0.2) is 46.9 Å². The first kappa shape index (κ1) is 22.5. The zero-order chi connectivity index (χ0) is 22.0. The molecule has 1 fully saturated rings. The number of piperidine rings is 1. The van der Waals surface area contributed by atoms with Crippen molar-refractivity contribution in [1.82, 2.24) is 10.2 Å². The van der Waals surface area contributed by atoms with Crippen molar-refractivity contribution in [3.05, 3.63) is 63.1 Å². The minimum absolute atomic E-state index is 0.221. The lowest BCUT2D eigenvalue weighted by molar-refractivity contribution is 0.0728. The summed E-state index contributed by atoms with van der Waals surface area (Å²) >= 11 is 17.0.